The zero-order valence-corrected chi connectivity index (χ0v) is 15.5. The molecule has 3 rings (SSSR count). The number of rotatable bonds is 6. The lowest BCUT2D eigenvalue weighted by molar-refractivity contribution is -0.117. The van der Waals surface area contributed by atoms with E-state index >= 15 is 0 Å². The number of benzene rings is 2. The van der Waals surface area contributed by atoms with Crippen LogP contribution in [0.1, 0.15) is 19.4 Å². The highest BCUT2D eigenvalue weighted by molar-refractivity contribution is 5.97. The van der Waals surface area contributed by atoms with Crippen LogP contribution < -0.4 is 20.3 Å². The lowest BCUT2D eigenvalue weighted by Crippen LogP contribution is -2.31. The Kier molecular flexibility index (Phi) is 5.77. The first-order chi connectivity index (χ1) is 13.3. The highest BCUT2D eigenvalue weighted by atomic mass is 19.3. The van der Waals surface area contributed by atoms with E-state index in [2.05, 4.69) is 15.4 Å². The van der Waals surface area contributed by atoms with Crippen LogP contribution in [0.25, 0.3) is 0 Å². The van der Waals surface area contributed by atoms with E-state index in [9.17, 15) is 18.4 Å². The number of hydrogen-bond acceptors (Lipinski definition) is 4. The Morgan fingerprint density at radius 2 is 1.79 bits per heavy atom. The first-order valence-electron chi connectivity index (χ1n) is 8.87. The van der Waals surface area contributed by atoms with Crippen molar-refractivity contribution in [3.63, 3.8) is 0 Å². The number of ether oxygens (including phenoxy) is 1. The van der Waals surface area contributed by atoms with Crippen LogP contribution in [0.15, 0.2) is 42.5 Å². The summed E-state index contributed by atoms with van der Waals surface area (Å²) in [6.07, 6.45) is 0.776. The van der Waals surface area contributed by atoms with Gasteiger partial charge in [0.1, 0.15) is 11.8 Å². The van der Waals surface area contributed by atoms with E-state index in [0.717, 1.165) is 23.4 Å². The van der Waals surface area contributed by atoms with Crippen LogP contribution >= 0.6 is 0 Å². The molecule has 0 aliphatic carbocycles. The number of nitrogens with zero attached hydrogens (tertiary/aromatic N) is 1. The van der Waals surface area contributed by atoms with Gasteiger partial charge in [-0.15, -0.1) is 0 Å². The van der Waals surface area contributed by atoms with Gasteiger partial charge in [0.25, 0.3) is 0 Å². The van der Waals surface area contributed by atoms with Crippen LogP contribution in [-0.4, -0.2) is 31.0 Å². The van der Waals surface area contributed by atoms with Gasteiger partial charge in [-0.25, -0.2) is 0 Å². The van der Waals surface area contributed by atoms with E-state index in [1.165, 1.54) is 24.3 Å². The number of carbonyl (C=O) groups excluding carboxylic acids is 2. The van der Waals surface area contributed by atoms with E-state index in [0.29, 0.717) is 12.2 Å². The Hall–Kier alpha value is -3.16. The van der Waals surface area contributed by atoms with Gasteiger partial charge >= 0.3 is 6.61 Å². The average molecular weight is 389 g/mol. The number of halogens is 2. The summed E-state index contributed by atoms with van der Waals surface area (Å²) >= 11 is 0. The molecule has 2 N–H and O–H groups in total. The molecule has 0 spiro atoms. The Balaban J connectivity index is 1.59. The maximum atomic E-state index is 12.4. The predicted octanol–water partition coefficient (Wildman–Crippen LogP) is 3.64. The molecule has 0 aromatic heterocycles. The van der Waals surface area contributed by atoms with Crippen molar-refractivity contribution in [1.29, 1.82) is 0 Å². The molecule has 2 aromatic rings. The molecule has 148 valence electrons. The molecule has 0 saturated carbocycles. The maximum absolute atomic E-state index is 12.4. The van der Waals surface area contributed by atoms with E-state index in [1.54, 1.807) is 18.7 Å². The molecule has 2 aromatic carbocycles. The van der Waals surface area contributed by atoms with Crippen molar-refractivity contribution < 1.29 is 23.1 Å². The molecular formula is C20H21F2N3O3. The van der Waals surface area contributed by atoms with Crippen molar-refractivity contribution in [2.24, 2.45) is 0 Å². The van der Waals surface area contributed by atoms with Crippen LogP contribution in [0.3, 0.4) is 0 Å². The van der Waals surface area contributed by atoms with Gasteiger partial charge in [-0.05, 0) is 61.4 Å². The van der Waals surface area contributed by atoms with Gasteiger partial charge in [0, 0.05) is 30.5 Å². The molecule has 1 aliphatic heterocycles. The molecule has 0 fully saturated rings. The number of alkyl halides is 2. The van der Waals surface area contributed by atoms with Gasteiger partial charge in [0.05, 0.1) is 0 Å². The fraction of sp³-hybridized carbons (Fsp3) is 0.300. The van der Waals surface area contributed by atoms with Crippen molar-refractivity contribution in [3.05, 3.63) is 48.0 Å². The van der Waals surface area contributed by atoms with Gasteiger partial charge in [0.2, 0.25) is 11.8 Å². The molecule has 8 heteroatoms. The molecule has 0 saturated heterocycles. The highest BCUT2D eigenvalue weighted by Gasteiger charge is 2.22. The molecule has 2 amide bonds. The molecule has 0 radical (unpaired) electrons. The summed E-state index contributed by atoms with van der Waals surface area (Å²) < 4.78 is 28.6. The minimum absolute atomic E-state index is 0.0113. The van der Waals surface area contributed by atoms with Crippen LogP contribution in [-0.2, 0) is 16.0 Å². The Morgan fingerprint density at radius 3 is 2.43 bits per heavy atom. The minimum Gasteiger partial charge on any atom is -0.435 e. The first kappa shape index (κ1) is 19.6. The third-order valence-electron chi connectivity index (χ3n) is 4.48. The SMILES string of the molecule is CC(=O)N1CCc2cc(NC(C)C(=O)Nc3ccc(OC(F)F)cc3)ccc21. The Labute approximate surface area is 161 Å². The van der Waals surface area contributed by atoms with Crippen molar-refractivity contribution >= 4 is 28.9 Å². The molecular weight excluding hydrogens is 368 g/mol. The van der Waals surface area contributed by atoms with E-state index in [-0.39, 0.29) is 17.6 Å². The van der Waals surface area contributed by atoms with Gasteiger partial charge in [-0.2, -0.15) is 8.78 Å². The molecule has 1 atom stereocenters. The van der Waals surface area contributed by atoms with Crippen LogP contribution in [0.4, 0.5) is 25.8 Å². The summed E-state index contributed by atoms with van der Waals surface area (Å²) in [5, 5.41) is 5.85. The van der Waals surface area contributed by atoms with Crippen molar-refractivity contribution in [2.75, 3.05) is 22.1 Å². The third kappa shape index (κ3) is 4.57. The zero-order valence-electron chi connectivity index (χ0n) is 15.5. The largest absolute Gasteiger partial charge is 0.435 e. The number of hydrogen-bond donors (Lipinski definition) is 2. The summed E-state index contributed by atoms with van der Waals surface area (Å²) in [6.45, 7) is 1.04. The molecule has 1 unspecified atom stereocenters. The predicted molar refractivity (Wildman–Crippen MR) is 103 cm³/mol. The topological polar surface area (TPSA) is 70.7 Å². The van der Waals surface area contributed by atoms with Crippen molar-refractivity contribution in [3.8, 4) is 5.75 Å². The smallest absolute Gasteiger partial charge is 0.387 e. The van der Waals surface area contributed by atoms with Crippen molar-refractivity contribution in [1.82, 2.24) is 0 Å². The van der Waals surface area contributed by atoms with Gasteiger partial charge < -0.3 is 20.3 Å². The zero-order chi connectivity index (χ0) is 20.3. The summed E-state index contributed by atoms with van der Waals surface area (Å²) in [5.41, 5.74) is 3.22. The summed E-state index contributed by atoms with van der Waals surface area (Å²) in [7, 11) is 0. The van der Waals surface area contributed by atoms with Crippen LogP contribution in [0.2, 0.25) is 0 Å². The Bertz CT molecular complexity index is 871. The quantitative estimate of drug-likeness (QED) is 0.792. The monoisotopic (exact) mass is 389 g/mol. The maximum Gasteiger partial charge on any atom is 0.387 e. The molecule has 1 aliphatic rings. The molecule has 0 bridgehead atoms. The normalized spacial score (nSPS) is 13.8. The summed E-state index contributed by atoms with van der Waals surface area (Å²) in [4.78, 5) is 25.7. The number of amides is 2. The standard InChI is InChI=1S/C20H21F2N3O3/c1-12(19(27)24-15-3-6-17(7-4-15)28-20(21)22)23-16-5-8-18-14(11-16)9-10-25(18)13(2)26/h3-8,11-12,20,23H,9-10H2,1-2H3,(H,24,27). The number of carbonyl (C=O) groups is 2. The lowest BCUT2D eigenvalue weighted by Gasteiger charge is -2.18. The number of anilines is 3. The first-order valence-corrected chi connectivity index (χ1v) is 8.87. The van der Waals surface area contributed by atoms with E-state index in [4.69, 9.17) is 0 Å². The molecule has 1 heterocycles. The summed E-state index contributed by atoms with van der Waals surface area (Å²) in [5.74, 6) is -0.234. The van der Waals surface area contributed by atoms with E-state index in [1.807, 2.05) is 18.2 Å². The number of fused-ring (bicyclic) bond motifs is 1. The van der Waals surface area contributed by atoms with Crippen LogP contribution in [0, 0.1) is 0 Å². The molecule has 28 heavy (non-hydrogen) atoms. The van der Waals surface area contributed by atoms with Gasteiger partial charge in [-0.3, -0.25) is 9.59 Å². The third-order valence-corrected chi connectivity index (χ3v) is 4.48. The fourth-order valence-electron chi connectivity index (χ4n) is 3.10. The average Bonchev–Trinajstić information content (AvgIpc) is 3.06. The fourth-order valence-corrected chi connectivity index (χ4v) is 3.10. The van der Waals surface area contributed by atoms with E-state index < -0.39 is 12.7 Å². The van der Waals surface area contributed by atoms with Gasteiger partial charge in [0.15, 0.2) is 0 Å². The second-order valence-electron chi connectivity index (χ2n) is 6.52. The second kappa shape index (κ2) is 8.24. The second-order valence-corrected chi connectivity index (χ2v) is 6.52. The number of nitrogens with one attached hydrogen (secondary N) is 2. The van der Waals surface area contributed by atoms with Crippen molar-refractivity contribution in [2.45, 2.75) is 32.9 Å². The van der Waals surface area contributed by atoms with Crippen LogP contribution in [0.5, 0.6) is 5.75 Å². The summed E-state index contributed by atoms with van der Waals surface area (Å²) in [6, 6.07) is 10.8. The lowest BCUT2D eigenvalue weighted by atomic mass is 10.1. The molecule has 6 nitrogen and oxygen atoms in total. The minimum atomic E-state index is -2.89. The Morgan fingerprint density at radius 1 is 1.11 bits per heavy atom. The highest BCUT2D eigenvalue weighted by Crippen LogP contribution is 2.30. The van der Waals surface area contributed by atoms with Gasteiger partial charge in [-0.1, -0.05) is 0 Å².